The van der Waals surface area contributed by atoms with Crippen LogP contribution in [0, 0.1) is 6.92 Å². The average Bonchev–Trinajstić information content (AvgIpc) is 3.15. The summed E-state index contributed by atoms with van der Waals surface area (Å²) in [7, 11) is 1.14. The van der Waals surface area contributed by atoms with E-state index >= 15 is 0 Å². The van der Waals surface area contributed by atoms with Crippen LogP contribution in [0.25, 0.3) is 5.82 Å². The van der Waals surface area contributed by atoms with E-state index in [-0.39, 0.29) is 27.1 Å². The van der Waals surface area contributed by atoms with E-state index < -0.39 is 29.4 Å². The van der Waals surface area contributed by atoms with Crippen LogP contribution in [0.5, 0.6) is 0 Å². The summed E-state index contributed by atoms with van der Waals surface area (Å²) in [6.07, 6.45) is -3.54. The minimum Gasteiger partial charge on any atom is -0.465 e. The van der Waals surface area contributed by atoms with E-state index in [1.807, 2.05) is 0 Å². The zero-order valence-electron chi connectivity index (χ0n) is 15.9. The van der Waals surface area contributed by atoms with Gasteiger partial charge in [0.15, 0.2) is 11.5 Å². The number of anilines is 1. The third-order valence-electron chi connectivity index (χ3n) is 4.12. The second-order valence-corrected chi connectivity index (χ2v) is 7.07. The number of nitrogens with zero attached hydrogens (tertiary/aromatic N) is 3. The number of aromatic nitrogens is 3. The Morgan fingerprint density at radius 3 is 2.52 bits per heavy atom. The number of amides is 1. The molecule has 2 aromatic heterocycles. The molecule has 162 valence electrons. The van der Waals surface area contributed by atoms with Crippen molar-refractivity contribution >= 4 is 40.8 Å². The van der Waals surface area contributed by atoms with Crippen molar-refractivity contribution in [3.05, 3.63) is 69.1 Å². The molecular formula is C19H13Cl2F3N4O3. The van der Waals surface area contributed by atoms with Crippen molar-refractivity contribution in [3.63, 3.8) is 0 Å². The Labute approximate surface area is 183 Å². The number of esters is 1. The fourth-order valence-corrected chi connectivity index (χ4v) is 3.21. The first-order valence-corrected chi connectivity index (χ1v) is 9.26. The molecule has 0 aliphatic rings. The summed E-state index contributed by atoms with van der Waals surface area (Å²) < 4.78 is 45.2. The molecule has 7 nitrogen and oxygen atoms in total. The van der Waals surface area contributed by atoms with E-state index in [4.69, 9.17) is 23.2 Å². The Morgan fingerprint density at radius 2 is 1.90 bits per heavy atom. The number of carbonyl (C=O) groups is 2. The van der Waals surface area contributed by atoms with Gasteiger partial charge >= 0.3 is 12.1 Å². The molecule has 12 heteroatoms. The number of ether oxygens (including phenoxy) is 1. The molecule has 0 bridgehead atoms. The van der Waals surface area contributed by atoms with Crippen LogP contribution in [0.3, 0.4) is 0 Å². The summed E-state index contributed by atoms with van der Waals surface area (Å²) in [5, 5.41) is 6.08. The van der Waals surface area contributed by atoms with E-state index in [0.717, 1.165) is 7.11 Å². The Morgan fingerprint density at radius 1 is 1.19 bits per heavy atom. The molecule has 1 N–H and O–H groups in total. The second kappa shape index (κ2) is 8.56. The largest absolute Gasteiger partial charge is 0.465 e. The van der Waals surface area contributed by atoms with Gasteiger partial charge in [-0.05, 0) is 36.8 Å². The second-order valence-electron chi connectivity index (χ2n) is 6.22. The van der Waals surface area contributed by atoms with E-state index in [9.17, 15) is 22.8 Å². The van der Waals surface area contributed by atoms with Crippen molar-refractivity contribution in [1.82, 2.24) is 14.8 Å². The quantitative estimate of drug-likeness (QED) is 0.543. The molecule has 0 atom stereocenters. The SMILES string of the molecule is COC(=O)c1cc(Cl)cc(C)c1NC(=O)c1cc(C(F)(F)F)nn1-c1ncccc1Cl. The van der Waals surface area contributed by atoms with Crippen LogP contribution >= 0.6 is 23.2 Å². The van der Waals surface area contributed by atoms with Crippen LogP contribution in [0.15, 0.2) is 36.5 Å². The van der Waals surface area contributed by atoms with Gasteiger partial charge in [0, 0.05) is 17.3 Å². The van der Waals surface area contributed by atoms with Crippen LogP contribution in [0.2, 0.25) is 10.0 Å². The van der Waals surface area contributed by atoms with Gasteiger partial charge in [0.1, 0.15) is 5.69 Å². The number of hydrogen-bond acceptors (Lipinski definition) is 5. The standard InChI is InChI=1S/C19H13Cl2F3N4O3/c1-9-6-10(20)7-11(18(30)31-2)15(9)26-17(29)13-8-14(19(22,23)24)27-28(13)16-12(21)4-3-5-25-16/h3-8H,1-2H3,(H,26,29). The van der Waals surface area contributed by atoms with Gasteiger partial charge in [-0.3, -0.25) is 4.79 Å². The zero-order valence-corrected chi connectivity index (χ0v) is 17.4. The fourth-order valence-electron chi connectivity index (χ4n) is 2.73. The van der Waals surface area contributed by atoms with Crippen molar-refractivity contribution in [2.24, 2.45) is 0 Å². The number of rotatable bonds is 4. The molecule has 3 rings (SSSR count). The molecule has 0 aliphatic heterocycles. The highest BCUT2D eigenvalue weighted by Gasteiger charge is 2.36. The zero-order chi connectivity index (χ0) is 22.9. The summed E-state index contributed by atoms with van der Waals surface area (Å²) in [6, 6.07) is 6.16. The van der Waals surface area contributed by atoms with Gasteiger partial charge < -0.3 is 10.1 Å². The van der Waals surface area contributed by atoms with Crippen LogP contribution in [-0.2, 0) is 10.9 Å². The maximum Gasteiger partial charge on any atom is 0.435 e. The van der Waals surface area contributed by atoms with Gasteiger partial charge in [-0.1, -0.05) is 23.2 Å². The number of methoxy groups -OCH3 is 1. The highest BCUT2D eigenvalue weighted by molar-refractivity contribution is 6.32. The molecule has 1 amide bonds. The first kappa shape index (κ1) is 22.6. The lowest BCUT2D eigenvalue weighted by molar-refractivity contribution is -0.141. The highest BCUT2D eigenvalue weighted by Crippen LogP contribution is 2.32. The molecule has 0 fully saturated rings. The predicted molar refractivity (Wildman–Crippen MR) is 107 cm³/mol. The first-order valence-electron chi connectivity index (χ1n) is 8.51. The number of nitrogens with one attached hydrogen (secondary N) is 1. The topological polar surface area (TPSA) is 86.1 Å². The average molecular weight is 473 g/mol. The maximum atomic E-state index is 13.3. The van der Waals surface area contributed by atoms with E-state index in [1.54, 1.807) is 6.92 Å². The molecule has 0 spiro atoms. The lowest BCUT2D eigenvalue weighted by Gasteiger charge is -2.14. The van der Waals surface area contributed by atoms with Crippen LogP contribution in [-0.4, -0.2) is 33.8 Å². The lowest BCUT2D eigenvalue weighted by Crippen LogP contribution is -2.20. The highest BCUT2D eigenvalue weighted by atomic mass is 35.5. The molecular weight excluding hydrogens is 460 g/mol. The molecule has 31 heavy (non-hydrogen) atoms. The smallest absolute Gasteiger partial charge is 0.435 e. The van der Waals surface area contributed by atoms with Gasteiger partial charge in [0.05, 0.1) is 23.4 Å². The van der Waals surface area contributed by atoms with Crippen LogP contribution in [0.1, 0.15) is 32.1 Å². The normalized spacial score (nSPS) is 11.3. The number of pyridine rings is 1. The van der Waals surface area contributed by atoms with Gasteiger partial charge in [-0.25, -0.2) is 14.5 Å². The molecule has 2 heterocycles. The Kier molecular flexibility index (Phi) is 6.23. The monoisotopic (exact) mass is 472 g/mol. The molecule has 0 radical (unpaired) electrons. The summed E-state index contributed by atoms with van der Waals surface area (Å²) in [4.78, 5) is 29.0. The number of alkyl halides is 3. The summed E-state index contributed by atoms with van der Waals surface area (Å²) >= 11 is 12.0. The number of benzene rings is 1. The Hall–Kier alpha value is -3.11. The molecule has 0 saturated carbocycles. The van der Waals surface area contributed by atoms with Crippen molar-refractivity contribution in [2.75, 3.05) is 12.4 Å². The van der Waals surface area contributed by atoms with Gasteiger partial charge in [-0.2, -0.15) is 18.3 Å². The van der Waals surface area contributed by atoms with E-state index in [0.29, 0.717) is 16.3 Å². The summed E-state index contributed by atoms with van der Waals surface area (Å²) in [5.74, 6) is -1.95. The third kappa shape index (κ3) is 4.64. The molecule has 3 aromatic rings. The maximum absolute atomic E-state index is 13.3. The number of aryl methyl sites for hydroxylation is 1. The number of carbonyl (C=O) groups excluding carboxylic acids is 2. The van der Waals surface area contributed by atoms with Crippen molar-refractivity contribution in [1.29, 1.82) is 0 Å². The minimum absolute atomic E-state index is 0.0219. The van der Waals surface area contributed by atoms with Gasteiger partial charge in [0.2, 0.25) is 0 Å². The summed E-state index contributed by atoms with van der Waals surface area (Å²) in [6.45, 7) is 1.56. The Bertz CT molecular complexity index is 1180. The van der Waals surface area contributed by atoms with Crippen molar-refractivity contribution in [3.8, 4) is 5.82 Å². The van der Waals surface area contributed by atoms with Crippen LogP contribution < -0.4 is 5.32 Å². The molecule has 1 aromatic carbocycles. The number of hydrogen-bond donors (Lipinski definition) is 1. The minimum atomic E-state index is -4.82. The van der Waals surface area contributed by atoms with Gasteiger partial charge in [0.25, 0.3) is 5.91 Å². The van der Waals surface area contributed by atoms with E-state index in [2.05, 4.69) is 20.1 Å². The van der Waals surface area contributed by atoms with Gasteiger partial charge in [-0.15, -0.1) is 0 Å². The van der Waals surface area contributed by atoms with E-state index in [1.165, 1.54) is 30.5 Å². The lowest BCUT2D eigenvalue weighted by atomic mass is 10.1. The fraction of sp³-hybridized carbons (Fsp3) is 0.158. The van der Waals surface area contributed by atoms with Crippen molar-refractivity contribution < 1.29 is 27.5 Å². The van der Waals surface area contributed by atoms with Crippen molar-refractivity contribution in [2.45, 2.75) is 13.1 Å². The number of halogens is 5. The van der Waals surface area contributed by atoms with Crippen LogP contribution in [0.4, 0.5) is 18.9 Å². The molecule has 0 aliphatic carbocycles. The summed E-state index contributed by atoms with van der Waals surface area (Å²) in [5.41, 5.74) is -1.48. The molecule has 0 saturated heterocycles. The first-order chi connectivity index (χ1) is 14.5. The Balaban J connectivity index is 2.12. The molecule has 0 unspecified atom stereocenters. The predicted octanol–water partition coefficient (Wildman–Crippen LogP) is 4.94. The third-order valence-corrected chi connectivity index (χ3v) is 4.63.